The Kier molecular flexibility index (Phi) is 4.94. The highest BCUT2D eigenvalue weighted by Gasteiger charge is 2.25. The van der Waals surface area contributed by atoms with E-state index in [0.717, 1.165) is 5.56 Å². The minimum atomic E-state index is -3.17. The van der Waals surface area contributed by atoms with Crippen molar-refractivity contribution in [1.29, 1.82) is 0 Å². The number of sulfone groups is 1. The van der Waals surface area contributed by atoms with Gasteiger partial charge in [-0.3, -0.25) is 4.79 Å². The first-order valence-electron chi connectivity index (χ1n) is 6.37. The molecule has 0 aromatic heterocycles. The number of hydrogen-bond donors (Lipinski definition) is 2. The number of nitrogens with one attached hydrogen (secondary N) is 1. The number of amides is 1. The Hall–Kier alpha value is -1.40. The van der Waals surface area contributed by atoms with Crippen molar-refractivity contribution in [2.24, 2.45) is 11.1 Å². The van der Waals surface area contributed by atoms with Gasteiger partial charge in [0, 0.05) is 18.8 Å². The Morgan fingerprint density at radius 1 is 1.30 bits per heavy atom. The second-order valence-electron chi connectivity index (χ2n) is 5.69. The zero-order valence-electron chi connectivity index (χ0n) is 12.3. The summed E-state index contributed by atoms with van der Waals surface area (Å²) in [6.07, 6.45) is 1.18. The third-order valence-electron chi connectivity index (χ3n) is 3.33. The van der Waals surface area contributed by atoms with Crippen LogP contribution in [-0.4, -0.2) is 27.1 Å². The van der Waals surface area contributed by atoms with E-state index in [-0.39, 0.29) is 11.9 Å². The van der Waals surface area contributed by atoms with Crippen LogP contribution >= 0.6 is 0 Å². The van der Waals surface area contributed by atoms with Gasteiger partial charge in [0.25, 0.3) is 0 Å². The predicted molar refractivity (Wildman–Crippen MR) is 78.9 cm³/mol. The highest BCUT2D eigenvalue weighted by molar-refractivity contribution is 7.90. The van der Waals surface area contributed by atoms with E-state index in [2.05, 4.69) is 5.32 Å². The SMILES string of the molecule is CC(NCC(C)(C)C(N)=O)c1ccc(S(C)(=O)=O)cc1. The topological polar surface area (TPSA) is 89.3 Å². The molecule has 5 nitrogen and oxygen atoms in total. The molecule has 0 spiro atoms. The first-order valence-corrected chi connectivity index (χ1v) is 8.26. The van der Waals surface area contributed by atoms with Gasteiger partial charge in [0.2, 0.25) is 5.91 Å². The van der Waals surface area contributed by atoms with Crippen LogP contribution < -0.4 is 11.1 Å². The molecule has 0 saturated heterocycles. The minimum Gasteiger partial charge on any atom is -0.369 e. The molecular formula is C14H22N2O3S. The Morgan fingerprint density at radius 2 is 1.80 bits per heavy atom. The van der Waals surface area contributed by atoms with E-state index in [1.54, 1.807) is 38.1 Å². The largest absolute Gasteiger partial charge is 0.369 e. The molecule has 6 heteroatoms. The molecule has 0 saturated carbocycles. The summed E-state index contributed by atoms with van der Waals surface area (Å²) in [6.45, 7) is 5.97. The van der Waals surface area contributed by atoms with Crippen LogP contribution in [0.2, 0.25) is 0 Å². The summed E-state index contributed by atoms with van der Waals surface area (Å²) >= 11 is 0. The molecule has 0 aliphatic heterocycles. The third kappa shape index (κ3) is 4.31. The molecule has 0 radical (unpaired) electrons. The van der Waals surface area contributed by atoms with Gasteiger partial charge in [-0.15, -0.1) is 0 Å². The maximum atomic E-state index is 11.4. The average Bonchev–Trinajstić information content (AvgIpc) is 2.35. The summed E-state index contributed by atoms with van der Waals surface area (Å²) < 4.78 is 22.8. The number of rotatable bonds is 6. The van der Waals surface area contributed by atoms with Crippen molar-refractivity contribution in [1.82, 2.24) is 5.32 Å². The molecule has 20 heavy (non-hydrogen) atoms. The maximum Gasteiger partial charge on any atom is 0.224 e. The normalized spacial score (nSPS) is 14.0. The summed E-state index contributed by atoms with van der Waals surface area (Å²) in [5.41, 5.74) is 5.65. The summed E-state index contributed by atoms with van der Waals surface area (Å²) in [6, 6.07) is 6.71. The van der Waals surface area contributed by atoms with Gasteiger partial charge in [-0.05, 0) is 38.5 Å². The molecule has 3 N–H and O–H groups in total. The van der Waals surface area contributed by atoms with Crippen molar-refractivity contribution in [3.05, 3.63) is 29.8 Å². The van der Waals surface area contributed by atoms with Crippen molar-refractivity contribution in [2.45, 2.75) is 31.7 Å². The van der Waals surface area contributed by atoms with Crippen molar-refractivity contribution in [3.8, 4) is 0 Å². The van der Waals surface area contributed by atoms with E-state index >= 15 is 0 Å². The summed E-state index contributed by atoms with van der Waals surface area (Å²) in [7, 11) is -3.17. The van der Waals surface area contributed by atoms with Crippen molar-refractivity contribution in [2.75, 3.05) is 12.8 Å². The van der Waals surface area contributed by atoms with Crippen molar-refractivity contribution < 1.29 is 13.2 Å². The number of carbonyl (C=O) groups is 1. The molecular weight excluding hydrogens is 276 g/mol. The van der Waals surface area contributed by atoms with Crippen LogP contribution in [0.3, 0.4) is 0 Å². The number of carbonyl (C=O) groups excluding carboxylic acids is 1. The molecule has 0 bridgehead atoms. The van der Waals surface area contributed by atoms with Crippen LogP contribution in [-0.2, 0) is 14.6 Å². The average molecular weight is 298 g/mol. The lowest BCUT2D eigenvalue weighted by molar-refractivity contribution is -0.125. The number of hydrogen-bond acceptors (Lipinski definition) is 4. The lowest BCUT2D eigenvalue weighted by atomic mass is 9.92. The molecule has 0 heterocycles. The fraction of sp³-hybridized carbons (Fsp3) is 0.500. The summed E-state index contributed by atoms with van der Waals surface area (Å²) in [5, 5.41) is 3.23. The smallest absolute Gasteiger partial charge is 0.224 e. The van der Waals surface area contributed by atoms with E-state index in [1.807, 2.05) is 6.92 Å². The zero-order chi connectivity index (χ0) is 15.6. The van der Waals surface area contributed by atoms with E-state index in [9.17, 15) is 13.2 Å². The van der Waals surface area contributed by atoms with Crippen LogP contribution in [0.25, 0.3) is 0 Å². The second-order valence-corrected chi connectivity index (χ2v) is 7.71. The fourth-order valence-corrected chi connectivity index (χ4v) is 2.25. The number of benzene rings is 1. The first kappa shape index (κ1) is 16.7. The Balaban J connectivity index is 2.74. The van der Waals surface area contributed by atoms with Crippen LogP contribution in [0, 0.1) is 5.41 Å². The minimum absolute atomic E-state index is 0.00207. The Labute approximate surface area is 120 Å². The fourth-order valence-electron chi connectivity index (χ4n) is 1.62. The quantitative estimate of drug-likeness (QED) is 0.827. The van der Waals surface area contributed by atoms with Gasteiger partial charge in [0.15, 0.2) is 9.84 Å². The van der Waals surface area contributed by atoms with E-state index < -0.39 is 15.3 Å². The van der Waals surface area contributed by atoms with Gasteiger partial charge in [0.1, 0.15) is 0 Å². The van der Waals surface area contributed by atoms with Gasteiger partial charge < -0.3 is 11.1 Å². The third-order valence-corrected chi connectivity index (χ3v) is 4.45. The number of nitrogens with two attached hydrogens (primary N) is 1. The molecule has 0 aliphatic rings. The number of primary amides is 1. The molecule has 0 fully saturated rings. The van der Waals surface area contributed by atoms with Gasteiger partial charge >= 0.3 is 0 Å². The first-order chi connectivity index (χ1) is 9.04. The van der Waals surface area contributed by atoms with E-state index in [4.69, 9.17) is 5.73 Å². The molecule has 1 atom stereocenters. The highest BCUT2D eigenvalue weighted by atomic mass is 32.2. The molecule has 112 valence electrons. The Bertz CT molecular complexity index is 577. The summed E-state index contributed by atoms with van der Waals surface area (Å²) in [4.78, 5) is 11.5. The van der Waals surface area contributed by atoms with Gasteiger partial charge in [-0.1, -0.05) is 12.1 Å². The Morgan fingerprint density at radius 3 is 2.20 bits per heavy atom. The molecule has 0 aliphatic carbocycles. The second kappa shape index (κ2) is 5.93. The van der Waals surface area contributed by atoms with Gasteiger partial charge in [-0.2, -0.15) is 0 Å². The van der Waals surface area contributed by atoms with Crippen LogP contribution in [0.5, 0.6) is 0 Å². The lowest BCUT2D eigenvalue weighted by Gasteiger charge is -2.24. The monoisotopic (exact) mass is 298 g/mol. The standard InChI is InChI=1S/C14H22N2O3S/c1-10(16-9-14(2,3)13(15)17)11-5-7-12(8-6-11)20(4,18)19/h5-8,10,16H,9H2,1-4H3,(H2,15,17). The molecule has 1 rings (SSSR count). The van der Waals surface area contributed by atoms with Crippen LogP contribution in [0.1, 0.15) is 32.4 Å². The molecule has 1 aromatic carbocycles. The summed E-state index contributed by atoms with van der Waals surface area (Å²) in [5.74, 6) is -0.357. The van der Waals surface area contributed by atoms with Crippen LogP contribution in [0.15, 0.2) is 29.2 Å². The van der Waals surface area contributed by atoms with Crippen molar-refractivity contribution in [3.63, 3.8) is 0 Å². The van der Waals surface area contributed by atoms with Gasteiger partial charge in [-0.25, -0.2) is 8.42 Å². The zero-order valence-corrected chi connectivity index (χ0v) is 13.1. The van der Waals surface area contributed by atoms with E-state index in [1.165, 1.54) is 6.26 Å². The van der Waals surface area contributed by atoms with Crippen molar-refractivity contribution >= 4 is 15.7 Å². The molecule has 1 unspecified atom stereocenters. The van der Waals surface area contributed by atoms with E-state index in [0.29, 0.717) is 11.4 Å². The highest BCUT2D eigenvalue weighted by Crippen LogP contribution is 2.18. The maximum absolute atomic E-state index is 11.4. The lowest BCUT2D eigenvalue weighted by Crippen LogP contribution is -2.41. The molecule has 1 aromatic rings. The van der Waals surface area contributed by atoms with Gasteiger partial charge in [0.05, 0.1) is 10.3 Å². The predicted octanol–water partition coefficient (Wildman–Crippen LogP) is 1.25. The van der Waals surface area contributed by atoms with Crippen LogP contribution in [0.4, 0.5) is 0 Å². The molecule has 1 amide bonds.